The summed E-state index contributed by atoms with van der Waals surface area (Å²) in [7, 11) is 0. The van der Waals surface area contributed by atoms with Crippen molar-refractivity contribution >= 4 is 17.7 Å². The minimum absolute atomic E-state index is 0.239. The average Bonchev–Trinajstić information content (AvgIpc) is 2.36. The largest absolute Gasteiger partial charge is 0.384 e. The van der Waals surface area contributed by atoms with E-state index in [0.717, 1.165) is 5.56 Å². The van der Waals surface area contributed by atoms with Crippen LogP contribution in [0, 0.1) is 0 Å². The fraction of sp³-hybridized carbons (Fsp3) is 0. The van der Waals surface area contributed by atoms with Gasteiger partial charge in [0, 0.05) is 0 Å². The summed E-state index contributed by atoms with van der Waals surface area (Å²) in [5, 5.41) is 0. The highest BCUT2D eigenvalue weighted by atomic mass is 16.2. The number of aromatic amines is 2. The summed E-state index contributed by atoms with van der Waals surface area (Å²) in [5.41, 5.74) is 4.46. The number of carbonyl (C=O) groups excluding carboxylic acids is 1. The third-order valence-corrected chi connectivity index (χ3v) is 2.44. The summed E-state index contributed by atoms with van der Waals surface area (Å²) in [4.78, 5) is 38.4. The van der Waals surface area contributed by atoms with Crippen molar-refractivity contribution in [1.29, 1.82) is 0 Å². The van der Waals surface area contributed by atoms with E-state index in [1.807, 2.05) is 35.3 Å². The van der Waals surface area contributed by atoms with Crippen molar-refractivity contribution in [3.05, 3.63) is 68.4 Å². The Morgan fingerprint density at radius 2 is 1.79 bits per heavy atom. The Labute approximate surface area is 107 Å². The lowest BCUT2D eigenvalue weighted by atomic mass is 10.1. The van der Waals surface area contributed by atoms with Crippen LogP contribution in [0.15, 0.2) is 46.0 Å². The van der Waals surface area contributed by atoms with Crippen LogP contribution in [0.5, 0.6) is 0 Å². The summed E-state index contributed by atoms with van der Waals surface area (Å²) < 4.78 is 0. The van der Waals surface area contributed by atoms with Gasteiger partial charge in [-0.25, -0.2) is 4.79 Å². The lowest BCUT2D eigenvalue weighted by Crippen LogP contribution is -2.29. The molecule has 4 N–H and O–H groups in total. The molecule has 0 fully saturated rings. The van der Waals surface area contributed by atoms with Crippen LogP contribution in [0.4, 0.5) is 5.82 Å². The summed E-state index contributed by atoms with van der Waals surface area (Å²) in [6.45, 7) is 0. The van der Waals surface area contributed by atoms with Crippen LogP contribution in [0.1, 0.15) is 15.9 Å². The predicted octanol–water partition coefficient (Wildman–Crippen LogP) is 0.541. The first-order chi connectivity index (χ1) is 9.08. The van der Waals surface area contributed by atoms with Gasteiger partial charge in [0.05, 0.1) is 0 Å². The molecule has 1 aromatic carbocycles. The molecule has 0 unspecified atom stereocenters. The van der Waals surface area contributed by atoms with Crippen molar-refractivity contribution in [2.24, 2.45) is 0 Å². The molecule has 0 spiro atoms. The van der Waals surface area contributed by atoms with E-state index in [0.29, 0.717) is 0 Å². The maximum atomic E-state index is 11.9. The van der Waals surface area contributed by atoms with E-state index in [4.69, 9.17) is 5.73 Å². The molecule has 1 aromatic heterocycles. The average molecular weight is 257 g/mol. The number of benzene rings is 1. The number of hydrogen-bond donors (Lipinski definition) is 3. The number of aromatic nitrogens is 2. The van der Waals surface area contributed by atoms with Gasteiger partial charge in [-0.15, -0.1) is 0 Å². The first-order valence-electron chi connectivity index (χ1n) is 5.47. The Kier molecular flexibility index (Phi) is 3.42. The van der Waals surface area contributed by atoms with Gasteiger partial charge in [0.15, 0.2) is 5.78 Å². The van der Waals surface area contributed by atoms with Crippen LogP contribution in [-0.4, -0.2) is 15.8 Å². The molecule has 2 aromatic rings. The van der Waals surface area contributed by atoms with E-state index in [2.05, 4.69) is 4.98 Å². The van der Waals surface area contributed by atoms with Gasteiger partial charge in [-0.3, -0.25) is 19.6 Å². The standard InChI is InChI=1S/C13H11N3O3/c14-11-10(12(18)16-13(19)15-11)9(17)7-6-8-4-2-1-3-5-8/h1-7H,(H4,14,15,16,18,19)/b7-6+. The Morgan fingerprint density at radius 3 is 2.42 bits per heavy atom. The summed E-state index contributed by atoms with van der Waals surface area (Å²) in [5.74, 6) is -0.810. The van der Waals surface area contributed by atoms with Crippen LogP contribution in [-0.2, 0) is 0 Å². The normalized spacial score (nSPS) is 10.7. The quantitative estimate of drug-likeness (QED) is 0.550. The summed E-state index contributed by atoms with van der Waals surface area (Å²) in [6, 6.07) is 9.12. The highest BCUT2D eigenvalue weighted by Gasteiger charge is 2.12. The van der Waals surface area contributed by atoms with Gasteiger partial charge in [-0.2, -0.15) is 0 Å². The second-order valence-corrected chi connectivity index (χ2v) is 3.81. The van der Waals surface area contributed by atoms with E-state index in [1.54, 1.807) is 6.08 Å². The number of rotatable bonds is 3. The fourth-order valence-corrected chi connectivity index (χ4v) is 1.57. The number of nitrogens with two attached hydrogens (primary N) is 1. The van der Waals surface area contributed by atoms with Crippen LogP contribution < -0.4 is 17.0 Å². The Balaban J connectivity index is 2.34. The molecular weight excluding hydrogens is 246 g/mol. The van der Waals surface area contributed by atoms with Gasteiger partial charge in [-0.05, 0) is 11.6 Å². The Morgan fingerprint density at radius 1 is 1.11 bits per heavy atom. The molecule has 96 valence electrons. The van der Waals surface area contributed by atoms with Gasteiger partial charge in [0.25, 0.3) is 5.56 Å². The molecular formula is C13H11N3O3. The molecule has 0 saturated heterocycles. The SMILES string of the molecule is Nc1[nH]c(=O)[nH]c(=O)c1C(=O)/C=C/c1ccccc1. The van der Waals surface area contributed by atoms with Crippen molar-refractivity contribution in [1.82, 2.24) is 9.97 Å². The highest BCUT2D eigenvalue weighted by Crippen LogP contribution is 2.05. The van der Waals surface area contributed by atoms with Crippen molar-refractivity contribution in [2.45, 2.75) is 0 Å². The molecule has 2 rings (SSSR count). The molecule has 6 heteroatoms. The van der Waals surface area contributed by atoms with Crippen LogP contribution in [0.2, 0.25) is 0 Å². The first kappa shape index (κ1) is 12.6. The fourth-order valence-electron chi connectivity index (χ4n) is 1.57. The molecule has 0 atom stereocenters. The second kappa shape index (κ2) is 5.18. The molecule has 0 saturated carbocycles. The molecule has 6 nitrogen and oxygen atoms in total. The van der Waals surface area contributed by atoms with Gasteiger partial charge in [-0.1, -0.05) is 36.4 Å². The lowest BCUT2D eigenvalue weighted by Gasteiger charge is -1.99. The van der Waals surface area contributed by atoms with Gasteiger partial charge < -0.3 is 5.73 Å². The van der Waals surface area contributed by atoms with E-state index >= 15 is 0 Å². The highest BCUT2D eigenvalue weighted by molar-refractivity contribution is 6.09. The zero-order chi connectivity index (χ0) is 13.8. The van der Waals surface area contributed by atoms with Crippen molar-refractivity contribution in [3.8, 4) is 0 Å². The number of hydrogen-bond acceptors (Lipinski definition) is 4. The zero-order valence-electron chi connectivity index (χ0n) is 9.84. The molecule has 0 aliphatic rings. The minimum Gasteiger partial charge on any atom is -0.384 e. The molecule has 0 bridgehead atoms. The van der Waals surface area contributed by atoms with Crippen molar-refractivity contribution in [2.75, 3.05) is 5.73 Å². The van der Waals surface area contributed by atoms with Crippen LogP contribution in [0.25, 0.3) is 6.08 Å². The summed E-state index contributed by atoms with van der Waals surface area (Å²) >= 11 is 0. The maximum Gasteiger partial charge on any atom is 0.327 e. The van der Waals surface area contributed by atoms with E-state index in [-0.39, 0.29) is 11.4 Å². The van der Waals surface area contributed by atoms with Crippen LogP contribution in [0.3, 0.4) is 0 Å². The Hall–Kier alpha value is -2.89. The molecule has 0 aliphatic heterocycles. The third-order valence-electron chi connectivity index (χ3n) is 2.44. The topological polar surface area (TPSA) is 109 Å². The second-order valence-electron chi connectivity index (χ2n) is 3.81. The molecule has 0 radical (unpaired) electrons. The van der Waals surface area contributed by atoms with Gasteiger partial charge in [0.2, 0.25) is 0 Å². The van der Waals surface area contributed by atoms with E-state index < -0.39 is 17.0 Å². The molecule has 0 amide bonds. The number of allylic oxidation sites excluding steroid dienone is 1. The monoisotopic (exact) mass is 257 g/mol. The summed E-state index contributed by atoms with van der Waals surface area (Å²) in [6.07, 6.45) is 2.79. The number of nitrogen functional groups attached to an aromatic ring is 1. The van der Waals surface area contributed by atoms with E-state index in [9.17, 15) is 14.4 Å². The lowest BCUT2D eigenvalue weighted by molar-refractivity contribution is 0.104. The number of anilines is 1. The molecule has 19 heavy (non-hydrogen) atoms. The number of ketones is 1. The first-order valence-corrected chi connectivity index (χ1v) is 5.47. The minimum atomic E-state index is -0.802. The maximum absolute atomic E-state index is 11.9. The van der Waals surface area contributed by atoms with Crippen molar-refractivity contribution < 1.29 is 4.79 Å². The molecule has 0 aliphatic carbocycles. The van der Waals surface area contributed by atoms with Crippen LogP contribution >= 0.6 is 0 Å². The number of carbonyl (C=O) groups is 1. The van der Waals surface area contributed by atoms with E-state index in [1.165, 1.54) is 6.08 Å². The predicted molar refractivity (Wildman–Crippen MR) is 71.9 cm³/mol. The van der Waals surface area contributed by atoms with Gasteiger partial charge >= 0.3 is 5.69 Å². The Bertz CT molecular complexity index is 742. The number of H-pyrrole nitrogens is 2. The molecule has 1 heterocycles. The zero-order valence-corrected chi connectivity index (χ0v) is 9.84. The number of nitrogens with one attached hydrogen (secondary N) is 2. The third kappa shape index (κ3) is 2.86. The van der Waals surface area contributed by atoms with Crippen molar-refractivity contribution in [3.63, 3.8) is 0 Å². The van der Waals surface area contributed by atoms with Gasteiger partial charge in [0.1, 0.15) is 11.4 Å². The smallest absolute Gasteiger partial charge is 0.327 e.